The van der Waals surface area contributed by atoms with E-state index < -0.39 is 24.0 Å². The highest BCUT2D eigenvalue weighted by Gasteiger charge is 2.27. The molecule has 0 saturated heterocycles. The SMILES string of the molecule is Nc1ccc(Cl)cc1/C=C/C(=O)N[C@@H](Cc1ccccc1)[C@@H](O)C(=O)O. The van der Waals surface area contributed by atoms with Gasteiger partial charge in [-0.25, -0.2) is 4.79 Å². The van der Waals surface area contributed by atoms with E-state index >= 15 is 0 Å². The van der Waals surface area contributed by atoms with Gasteiger partial charge < -0.3 is 21.3 Å². The lowest BCUT2D eigenvalue weighted by Gasteiger charge is -2.21. The van der Waals surface area contributed by atoms with Crippen LogP contribution in [-0.2, 0) is 16.0 Å². The van der Waals surface area contributed by atoms with Crippen molar-refractivity contribution in [2.45, 2.75) is 18.6 Å². The molecule has 2 atom stereocenters. The van der Waals surface area contributed by atoms with E-state index in [-0.39, 0.29) is 6.42 Å². The van der Waals surface area contributed by atoms with Gasteiger partial charge in [0.1, 0.15) is 0 Å². The number of hydrogen-bond donors (Lipinski definition) is 4. The molecule has 0 saturated carbocycles. The number of carbonyl (C=O) groups excluding carboxylic acids is 1. The standard InChI is InChI=1S/C19H19ClN2O4/c20-14-7-8-15(21)13(11-14)6-9-17(23)22-16(18(24)19(25)26)10-12-4-2-1-3-5-12/h1-9,11,16,18,24H,10,21H2,(H,22,23)(H,25,26)/b9-6+/t16-,18+/m0/s1. The van der Waals surface area contributed by atoms with Gasteiger partial charge in [0.2, 0.25) is 5.91 Å². The van der Waals surface area contributed by atoms with Crippen LogP contribution in [0, 0.1) is 0 Å². The second kappa shape index (κ2) is 9.03. The van der Waals surface area contributed by atoms with Crippen molar-refractivity contribution >= 4 is 35.2 Å². The molecule has 2 aromatic carbocycles. The van der Waals surface area contributed by atoms with Crippen LogP contribution in [0.25, 0.3) is 6.08 Å². The summed E-state index contributed by atoms with van der Waals surface area (Å²) in [4.78, 5) is 23.3. The number of nitrogens with one attached hydrogen (secondary N) is 1. The molecule has 2 rings (SSSR count). The topological polar surface area (TPSA) is 113 Å². The van der Waals surface area contributed by atoms with Crippen LogP contribution in [0.2, 0.25) is 5.02 Å². The van der Waals surface area contributed by atoms with Crippen LogP contribution in [0.3, 0.4) is 0 Å². The maximum absolute atomic E-state index is 12.2. The fraction of sp³-hybridized carbons (Fsp3) is 0.158. The third-order valence-corrected chi connectivity index (χ3v) is 3.96. The van der Waals surface area contributed by atoms with Gasteiger partial charge >= 0.3 is 5.97 Å². The van der Waals surface area contributed by atoms with Crippen molar-refractivity contribution < 1.29 is 19.8 Å². The molecule has 7 heteroatoms. The number of aliphatic hydroxyl groups is 1. The second-order valence-corrected chi connectivity index (χ2v) is 6.13. The maximum atomic E-state index is 12.2. The Hall–Kier alpha value is -2.83. The van der Waals surface area contributed by atoms with E-state index in [9.17, 15) is 14.7 Å². The molecule has 0 aromatic heterocycles. The van der Waals surface area contributed by atoms with Crippen molar-refractivity contribution in [3.8, 4) is 0 Å². The number of carboxylic acids is 1. The molecule has 0 aliphatic rings. The molecular formula is C19H19ClN2O4. The molecule has 0 bridgehead atoms. The Bertz CT molecular complexity index is 808. The minimum absolute atomic E-state index is 0.174. The molecule has 0 aliphatic heterocycles. The van der Waals surface area contributed by atoms with Crippen LogP contribution < -0.4 is 11.1 Å². The summed E-state index contributed by atoms with van der Waals surface area (Å²) < 4.78 is 0. The van der Waals surface area contributed by atoms with Gasteiger partial charge in [0.25, 0.3) is 0 Å². The average molecular weight is 375 g/mol. The number of carboxylic acid groups (broad SMARTS) is 1. The smallest absolute Gasteiger partial charge is 0.334 e. The van der Waals surface area contributed by atoms with Crippen molar-refractivity contribution in [1.29, 1.82) is 0 Å². The van der Waals surface area contributed by atoms with E-state index in [0.717, 1.165) is 5.56 Å². The zero-order valence-electron chi connectivity index (χ0n) is 13.8. The number of nitrogens with two attached hydrogens (primary N) is 1. The molecular weight excluding hydrogens is 356 g/mol. The Morgan fingerprint density at radius 1 is 1.19 bits per heavy atom. The molecule has 26 heavy (non-hydrogen) atoms. The summed E-state index contributed by atoms with van der Waals surface area (Å²) in [5, 5.41) is 21.9. The zero-order valence-corrected chi connectivity index (χ0v) is 14.6. The minimum Gasteiger partial charge on any atom is -0.479 e. The summed E-state index contributed by atoms with van der Waals surface area (Å²) in [6.45, 7) is 0. The van der Waals surface area contributed by atoms with E-state index in [0.29, 0.717) is 16.3 Å². The lowest BCUT2D eigenvalue weighted by atomic mass is 10.0. The van der Waals surface area contributed by atoms with E-state index in [2.05, 4.69) is 5.32 Å². The number of benzene rings is 2. The fourth-order valence-electron chi connectivity index (χ4n) is 2.37. The van der Waals surface area contributed by atoms with Crippen LogP contribution in [0.1, 0.15) is 11.1 Å². The number of aliphatic carboxylic acids is 1. The van der Waals surface area contributed by atoms with Crippen LogP contribution >= 0.6 is 11.6 Å². The largest absolute Gasteiger partial charge is 0.479 e. The van der Waals surface area contributed by atoms with Crippen molar-refractivity contribution in [3.63, 3.8) is 0 Å². The van der Waals surface area contributed by atoms with Gasteiger partial charge in [-0.3, -0.25) is 4.79 Å². The van der Waals surface area contributed by atoms with Gasteiger partial charge in [-0.2, -0.15) is 0 Å². The van der Waals surface area contributed by atoms with Crippen LogP contribution in [0.15, 0.2) is 54.6 Å². The quantitative estimate of drug-likeness (QED) is 0.438. The Kier molecular flexibility index (Phi) is 6.77. The molecule has 6 nitrogen and oxygen atoms in total. The highest BCUT2D eigenvalue weighted by molar-refractivity contribution is 6.30. The summed E-state index contributed by atoms with van der Waals surface area (Å²) in [6.07, 6.45) is 1.13. The highest BCUT2D eigenvalue weighted by Crippen LogP contribution is 2.19. The number of rotatable bonds is 7. The third kappa shape index (κ3) is 5.61. The number of carbonyl (C=O) groups is 2. The molecule has 136 valence electrons. The molecule has 0 spiro atoms. The van der Waals surface area contributed by atoms with Gasteiger partial charge in [-0.15, -0.1) is 0 Å². The summed E-state index contributed by atoms with van der Waals surface area (Å²) in [5.41, 5.74) is 7.61. The van der Waals surface area contributed by atoms with Crippen molar-refractivity contribution in [1.82, 2.24) is 5.32 Å². The van der Waals surface area contributed by atoms with E-state index in [4.69, 9.17) is 22.4 Å². The predicted octanol–water partition coefficient (Wildman–Crippen LogP) is 2.11. The average Bonchev–Trinajstić information content (AvgIpc) is 2.62. The third-order valence-electron chi connectivity index (χ3n) is 3.72. The van der Waals surface area contributed by atoms with Crippen molar-refractivity contribution in [3.05, 3.63) is 70.8 Å². The monoisotopic (exact) mass is 374 g/mol. The van der Waals surface area contributed by atoms with E-state index in [1.165, 1.54) is 12.2 Å². The molecule has 0 unspecified atom stereocenters. The summed E-state index contributed by atoms with van der Waals surface area (Å²) in [7, 11) is 0. The first kappa shape index (κ1) is 19.5. The van der Waals surface area contributed by atoms with Gasteiger partial charge in [0.05, 0.1) is 6.04 Å². The Morgan fingerprint density at radius 2 is 1.88 bits per heavy atom. The second-order valence-electron chi connectivity index (χ2n) is 5.69. The molecule has 0 heterocycles. The van der Waals surface area contributed by atoms with Gasteiger partial charge in [0, 0.05) is 16.8 Å². The Labute approximate surface area is 155 Å². The molecule has 1 amide bonds. The first-order valence-electron chi connectivity index (χ1n) is 7.85. The number of amides is 1. The van der Waals surface area contributed by atoms with E-state index in [1.54, 1.807) is 42.5 Å². The zero-order chi connectivity index (χ0) is 19.1. The normalized spacial score (nSPS) is 13.3. The molecule has 2 aromatic rings. The lowest BCUT2D eigenvalue weighted by Crippen LogP contribution is -2.47. The van der Waals surface area contributed by atoms with Crippen molar-refractivity contribution in [2.24, 2.45) is 0 Å². The molecule has 0 fully saturated rings. The van der Waals surface area contributed by atoms with Crippen molar-refractivity contribution in [2.75, 3.05) is 5.73 Å². The van der Waals surface area contributed by atoms with E-state index in [1.807, 2.05) is 6.07 Å². The summed E-state index contributed by atoms with van der Waals surface area (Å²) in [5.74, 6) is -1.96. The first-order chi connectivity index (χ1) is 12.4. The first-order valence-corrected chi connectivity index (χ1v) is 8.23. The number of halogens is 1. The molecule has 0 radical (unpaired) electrons. The van der Waals surface area contributed by atoms with Gasteiger partial charge in [-0.1, -0.05) is 41.9 Å². The number of anilines is 1. The number of hydrogen-bond acceptors (Lipinski definition) is 4. The molecule has 5 N–H and O–H groups in total. The fourth-order valence-corrected chi connectivity index (χ4v) is 2.55. The Balaban J connectivity index is 2.11. The van der Waals surface area contributed by atoms with Crippen LogP contribution in [0.5, 0.6) is 0 Å². The number of aliphatic hydroxyl groups excluding tert-OH is 1. The maximum Gasteiger partial charge on any atom is 0.334 e. The molecule has 0 aliphatic carbocycles. The number of nitrogen functional groups attached to an aromatic ring is 1. The van der Waals surface area contributed by atoms with Crippen LogP contribution in [0.4, 0.5) is 5.69 Å². The lowest BCUT2D eigenvalue weighted by molar-refractivity contribution is -0.148. The van der Waals surface area contributed by atoms with Gasteiger partial charge in [-0.05, 0) is 41.8 Å². The predicted molar refractivity (Wildman–Crippen MR) is 101 cm³/mol. The van der Waals surface area contributed by atoms with Crippen LogP contribution in [-0.4, -0.2) is 34.2 Å². The Morgan fingerprint density at radius 3 is 2.54 bits per heavy atom. The summed E-state index contributed by atoms with van der Waals surface area (Å²) in [6, 6.07) is 12.9. The van der Waals surface area contributed by atoms with Gasteiger partial charge in [0.15, 0.2) is 6.10 Å². The minimum atomic E-state index is -1.73. The highest BCUT2D eigenvalue weighted by atomic mass is 35.5. The summed E-state index contributed by atoms with van der Waals surface area (Å²) >= 11 is 5.89.